The Morgan fingerprint density at radius 1 is 1.19 bits per heavy atom. The van der Waals surface area contributed by atoms with Crippen molar-refractivity contribution in [2.45, 2.75) is 19.8 Å². The van der Waals surface area contributed by atoms with E-state index in [1.165, 1.54) is 11.1 Å². The van der Waals surface area contributed by atoms with Gasteiger partial charge >= 0.3 is 0 Å². The van der Waals surface area contributed by atoms with E-state index in [1.807, 2.05) is 48.5 Å². The minimum absolute atomic E-state index is 0.159. The molecule has 3 nitrogen and oxygen atoms in total. The number of hydrogen-bond acceptors (Lipinski definition) is 2. The van der Waals surface area contributed by atoms with Gasteiger partial charge in [-0.1, -0.05) is 17.7 Å². The molecule has 1 saturated heterocycles. The number of pyridine rings is 1. The molecule has 108 valence electrons. The Balaban J connectivity index is 1.61. The average molecular weight is 280 g/mol. The number of likely N-dealkylation sites (tertiary alicyclic amines) is 1. The Morgan fingerprint density at radius 2 is 1.90 bits per heavy atom. The van der Waals surface area contributed by atoms with Crippen LogP contribution in [0.3, 0.4) is 0 Å². The van der Waals surface area contributed by atoms with E-state index in [-0.39, 0.29) is 5.91 Å². The van der Waals surface area contributed by atoms with Gasteiger partial charge in [0.15, 0.2) is 0 Å². The summed E-state index contributed by atoms with van der Waals surface area (Å²) < 4.78 is 0. The van der Waals surface area contributed by atoms with Crippen molar-refractivity contribution in [3.05, 3.63) is 65.5 Å². The Labute approximate surface area is 125 Å². The summed E-state index contributed by atoms with van der Waals surface area (Å²) in [5, 5.41) is 0. The van der Waals surface area contributed by atoms with Crippen molar-refractivity contribution in [3.8, 4) is 0 Å². The molecule has 1 atom stereocenters. The third-order valence-corrected chi connectivity index (χ3v) is 4.15. The maximum absolute atomic E-state index is 12.5. The fourth-order valence-corrected chi connectivity index (χ4v) is 2.91. The highest BCUT2D eigenvalue weighted by atomic mass is 16.2. The van der Waals surface area contributed by atoms with Crippen molar-refractivity contribution in [2.75, 3.05) is 13.1 Å². The molecule has 1 unspecified atom stereocenters. The molecule has 0 saturated carbocycles. The number of aromatic nitrogens is 1. The summed E-state index contributed by atoms with van der Waals surface area (Å²) in [6, 6.07) is 12.0. The topological polar surface area (TPSA) is 33.2 Å². The van der Waals surface area contributed by atoms with Crippen LogP contribution in [0.1, 0.15) is 27.9 Å². The quantitative estimate of drug-likeness (QED) is 0.865. The van der Waals surface area contributed by atoms with Crippen molar-refractivity contribution in [3.63, 3.8) is 0 Å². The van der Waals surface area contributed by atoms with Gasteiger partial charge in [0.2, 0.25) is 0 Å². The van der Waals surface area contributed by atoms with Crippen LogP contribution < -0.4 is 0 Å². The zero-order valence-electron chi connectivity index (χ0n) is 12.3. The van der Waals surface area contributed by atoms with Crippen molar-refractivity contribution in [2.24, 2.45) is 5.92 Å². The monoisotopic (exact) mass is 280 g/mol. The first kappa shape index (κ1) is 13.8. The molecule has 1 aromatic heterocycles. The highest BCUT2D eigenvalue weighted by Crippen LogP contribution is 2.22. The molecule has 0 bridgehead atoms. The van der Waals surface area contributed by atoms with E-state index in [1.54, 1.807) is 0 Å². The van der Waals surface area contributed by atoms with E-state index in [0.717, 1.165) is 31.5 Å². The number of carbonyl (C=O) groups excluding carboxylic acids is 1. The van der Waals surface area contributed by atoms with Crippen molar-refractivity contribution in [1.82, 2.24) is 9.88 Å². The summed E-state index contributed by atoms with van der Waals surface area (Å²) in [6.45, 7) is 3.76. The molecule has 1 aliphatic rings. The molecule has 0 spiro atoms. The van der Waals surface area contributed by atoms with Gasteiger partial charge in [0.1, 0.15) is 0 Å². The van der Waals surface area contributed by atoms with Crippen LogP contribution in [-0.2, 0) is 6.42 Å². The number of aryl methyl sites for hydroxylation is 1. The molecule has 0 radical (unpaired) electrons. The van der Waals surface area contributed by atoms with Gasteiger partial charge in [0, 0.05) is 31.0 Å². The lowest BCUT2D eigenvalue weighted by Gasteiger charge is -2.17. The van der Waals surface area contributed by atoms with Gasteiger partial charge in [-0.25, -0.2) is 0 Å². The lowest BCUT2D eigenvalue weighted by Crippen LogP contribution is -2.28. The van der Waals surface area contributed by atoms with Crippen LogP contribution in [0.25, 0.3) is 0 Å². The highest BCUT2D eigenvalue weighted by Gasteiger charge is 2.26. The highest BCUT2D eigenvalue weighted by molar-refractivity contribution is 5.94. The molecule has 1 aliphatic heterocycles. The first-order valence-electron chi connectivity index (χ1n) is 7.47. The second-order valence-corrected chi connectivity index (χ2v) is 5.83. The molecular formula is C18H20N2O. The third-order valence-electron chi connectivity index (χ3n) is 4.15. The molecule has 0 N–H and O–H groups in total. The number of carbonyl (C=O) groups is 1. The van der Waals surface area contributed by atoms with E-state index < -0.39 is 0 Å². The zero-order valence-corrected chi connectivity index (χ0v) is 12.3. The summed E-state index contributed by atoms with van der Waals surface area (Å²) in [7, 11) is 0. The molecule has 3 rings (SSSR count). The van der Waals surface area contributed by atoms with Crippen LogP contribution in [0.2, 0.25) is 0 Å². The Kier molecular flexibility index (Phi) is 4.00. The Bertz CT molecular complexity index is 607. The van der Waals surface area contributed by atoms with E-state index in [4.69, 9.17) is 0 Å². The molecule has 3 heteroatoms. The largest absolute Gasteiger partial charge is 0.338 e. The van der Waals surface area contributed by atoms with Crippen molar-refractivity contribution in [1.29, 1.82) is 0 Å². The van der Waals surface area contributed by atoms with Crippen LogP contribution in [0.5, 0.6) is 0 Å². The fourth-order valence-electron chi connectivity index (χ4n) is 2.91. The van der Waals surface area contributed by atoms with Gasteiger partial charge in [0.25, 0.3) is 5.91 Å². The molecule has 21 heavy (non-hydrogen) atoms. The number of rotatable bonds is 3. The van der Waals surface area contributed by atoms with Gasteiger partial charge < -0.3 is 4.90 Å². The van der Waals surface area contributed by atoms with E-state index >= 15 is 0 Å². The summed E-state index contributed by atoms with van der Waals surface area (Å²) in [5.74, 6) is 0.717. The second-order valence-electron chi connectivity index (χ2n) is 5.83. The Hall–Kier alpha value is -2.16. The minimum Gasteiger partial charge on any atom is -0.338 e. The van der Waals surface area contributed by atoms with Crippen molar-refractivity contribution >= 4 is 5.91 Å². The summed E-state index contributed by atoms with van der Waals surface area (Å²) in [6.07, 6.45) is 5.78. The third kappa shape index (κ3) is 3.30. The minimum atomic E-state index is 0.159. The van der Waals surface area contributed by atoms with Crippen LogP contribution in [0.4, 0.5) is 0 Å². The first-order chi connectivity index (χ1) is 10.2. The summed E-state index contributed by atoms with van der Waals surface area (Å²) in [5.41, 5.74) is 3.29. The second kappa shape index (κ2) is 6.08. The first-order valence-corrected chi connectivity index (χ1v) is 7.47. The predicted octanol–water partition coefficient (Wildman–Crippen LogP) is 3.09. The van der Waals surface area contributed by atoms with Crippen LogP contribution in [0.15, 0.2) is 48.8 Å². The molecule has 0 aliphatic carbocycles. The molecule has 2 heterocycles. The zero-order chi connectivity index (χ0) is 14.7. The van der Waals surface area contributed by atoms with Crippen LogP contribution in [-0.4, -0.2) is 28.9 Å². The summed E-state index contributed by atoms with van der Waals surface area (Å²) >= 11 is 0. The SMILES string of the molecule is Cc1ccc(C(=O)N2CCC(Cc3ccncc3)C2)cc1. The van der Waals surface area contributed by atoms with Crippen LogP contribution in [0, 0.1) is 12.8 Å². The summed E-state index contributed by atoms with van der Waals surface area (Å²) in [4.78, 5) is 18.5. The van der Waals surface area contributed by atoms with Gasteiger partial charge in [-0.15, -0.1) is 0 Å². The maximum Gasteiger partial charge on any atom is 0.253 e. The standard InChI is InChI=1S/C18H20N2O/c1-14-2-4-17(5-3-14)18(21)20-11-8-16(13-20)12-15-6-9-19-10-7-15/h2-7,9-10,16H,8,11-13H2,1H3. The van der Waals surface area contributed by atoms with Crippen LogP contribution >= 0.6 is 0 Å². The fraction of sp³-hybridized carbons (Fsp3) is 0.333. The number of hydrogen-bond donors (Lipinski definition) is 0. The van der Waals surface area contributed by atoms with Gasteiger partial charge in [-0.3, -0.25) is 9.78 Å². The average Bonchev–Trinajstić information content (AvgIpc) is 2.97. The van der Waals surface area contributed by atoms with Gasteiger partial charge in [-0.05, 0) is 55.5 Å². The number of benzene rings is 1. The number of amides is 1. The molecular weight excluding hydrogens is 260 g/mol. The lowest BCUT2D eigenvalue weighted by molar-refractivity contribution is 0.0787. The normalized spacial score (nSPS) is 18.0. The van der Waals surface area contributed by atoms with E-state index in [2.05, 4.69) is 17.1 Å². The lowest BCUT2D eigenvalue weighted by atomic mass is 10.00. The molecule has 1 aromatic carbocycles. The molecule has 1 fully saturated rings. The van der Waals surface area contributed by atoms with Gasteiger partial charge in [-0.2, -0.15) is 0 Å². The van der Waals surface area contributed by atoms with E-state index in [9.17, 15) is 4.79 Å². The Morgan fingerprint density at radius 3 is 2.62 bits per heavy atom. The molecule has 2 aromatic rings. The predicted molar refractivity (Wildman–Crippen MR) is 83.1 cm³/mol. The molecule has 1 amide bonds. The maximum atomic E-state index is 12.5. The number of nitrogens with zero attached hydrogens (tertiary/aromatic N) is 2. The van der Waals surface area contributed by atoms with Crippen molar-refractivity contribution < 1.29 is 4.79 Å². The van der Waals surface area contributed by atoms with Gasteiger partial charge in [0.05, 0.1) is 0 Å². The van der Waals surface area contributed by atoms with E-state index in [0.29, 0.717) is 5.92 Å². The smallest absolute Gasteiger partial charge is 0.253 e.